The Morgan fingerprint density at radius 2 is 1.78 bits per heavy atom. The number of methoxy groups -OCH3 is 1. The van der Waals surface area contributed by atoms with Gasteiger partial charge in [0.25, 0.3) is 0 Å². The lowest BCUT2D eigenvalue weighted by Crippen LogP contribution is -2.36. The summed E-state index contributed by atoms with van der Waals surface area (Å²) in [7, 11) is 1.49. The van der Waals surface area contributed by atoms with Crippen molar-refractivity contribution in [3.8, 4) is 11.4 Å². The summed E-state index contributed by atoms with van der Waals surface area (Å²) in [5.74, 6) is -1.52. The number of carbonyl (C=O) groups is 2. The van der Waals surface area contributed by atoms with Crippen LogP contribution in [0.25, 0.3) is 16.6 Å². The summed E-state index contributed by atoms with van der Waals surface area (Å²) in [4.78, 5) is 27.5. The molecule has 3 aromatic carbocycles. The lowest BCUT2D eigenvalue weighted by Gasteiger charge is -2.32. The molecule has 1 saturated heterocycles. The van der Waals surface area contributed by atoms with E-state index in [1.165, 1.54) is 31.4 Å². The number of hydrogen-bond donors (Lipinski definition) is 1. The van der Waals surface area contributed by atoms with Crippen LogP contribution in [0.4, 0.5) is 14.5 Å². The number of nitrogens with zero attached hydrogens (tertiary/aromatic N) is 3. The number of carbonyl (C=O) groups excluding carboxylic acids is 2. The second kappa shape index (κ2) is 8.40. The highest BCUT2D eigenvalue weighted by molar-refractivity contribution is 6.00. The van der Waals surface area contributed by atoms with E-state index in [-0.39, 0.29) is 23.7 Å². The van der Waals surface area contributed by atoms with Crippen molar-refractivity contribution in [1.29, 1.82) is 0 Å². The smallest absolute Gasteiger partial charge is 0.227 e. The highest BCUT2D eigenvalue weighted by Gasteiger charge is 2.61. The Balaban J connectivity index is 1.47. The number of benzene rings is 3. The fourth-order valence-electron chi connectivity index (χ4n) is 5.66. The number of anilines is 1. The zero-order valence-corrected chi connectivity index (χ0v) is 20.0. The van der Waals surface area contributed by atoms with Crippen LogP contribution < -0.4 is 15.4 Å². The SMILES string of the molecule is COc1ccc(F)c([C@H]2[C@H](C3(C(N)=O)CC3)CC(=O)N2c2ccc3c(cnn3-c3ccc(F)cc3)c2)c1. The molecule has 0 unspecified atom stereocenters. The summed E-state index contributed by atoms with van der Waals surface area (Å²) in [5, 5.41) is 5.19. The molecule has 37 heavy (non-hydrogen) atoms. The fourth-order valence-corrected chi connectivity index (χ4v) is 5.66. The van der Waals surface area contributed by atoms with Crippen molar-refractivity contribution in [2.24, 2.45) is 17.1 Å². The van der Waals surface area contributed by atoms with Crippen LogP contribution >= 0.6 is 0 Å². The van der Waals surface area contributed by atoms with Gasteiger partial charge in [0.05, 0.1) is 36.0 Å². The van der Waals surface area contributed by atoms with Gasteiger partial charge < -0.3 is 15.4 Å². The zero-order valence-electron chi connectivity index (χ0n) is 20.0. The third kappa shape index (κ3) is 3.64. The molecule has 7 nitrogen and oxygen atoms in total. The molecule has 6 rings (SSSR count). The van der Waals surface area contributed by atoms with E-state index in [1.54, 1.807) is 40.0 Å². The quantitative estimate of drug-likeness (QED) is 0.415. The first-order valence-electron chi connectivity index (χ1n) is 12.0. The summed E-state index contributed by atoms with van der Waals surface area (Å²) in [6, 6.07) is 15.1. The van der Waals surface area contributed by atoms with Crippen LogP contribution in [0.1, 0.15) is 30.9 Å². The Bertz CT molecular complexity index is 1550. The van der Waals surface area contributed by atoms with E-state index in [0.29, 0.717) is 30.0 Å². The second-order valence-electron chi connectivity index (χ2n) is 9.70. The van der Waals surface area contributed by atoms with Gasteiger partial charge in [-0.05, 0) is 73.5 Å². The molecule has 188 valence electrons. The van der Waals surface area contributed by atoms with E-state index in [9.17, 15) is 14.0 Å². The van der Waals surface area contributed by atoms with Gasteiger partial charge >= 0.3 is 0 Å². The second-order valence-corrected chi connectivity index (χ2v) is 9.70. The Morgan fingerprint density at radius 1 is 1.05 bits per heavy atom. The van der Waals surface area contributed by atoms with Gasteiger partial charge in [0, 0.05) is 29.0 Å². The molecule has 4 aromatic rings. The van der Waals surface area contributed by atoms with Gasteiger partial charge in [-0.2, -0.15) is 5.10 Å². The number of amides is 2. The highest BCUT2D eigenvalue weighted by atomic mass is 19.1. The van der Waals surface area contributed by atoms with Gasteiger partial charge in [0.2, 0.25) is 11.8 Å². The molecular weight excluding hydrogens is 478 g/mol. The molecule has 2 aliphatic rings. The number of aromatic nitrogens is 2. The maximum atomic E-state index is 15.3. The van der Waals surface area contributed by atoms with E-state index >= 15 is 4.39 Å². The normalized spacial score (nSPS) is 20.4. The minimum atomic E-state index is -0.845. The minimum Gasteiger partial charge on any atom is -0.497 e. The van der Waals surface area contributed by atoms with Crippen molar-refractivity contribution in [2.45, 2.75) is 25.3 Å². The predicted molar refractivity (Wildman–Crippen MR) is 133 cm³/mol. The van der Waals surface area contributed by atoms with E-state index in [4.69, 9.17) is 10.5 Å². The van der Waals surface area contributed by atoms with Gasteiger partial charge in [0.15, 0.2) is 0 Å². The average molecular weight is 503 g/mol. The molecule has 1 aromatic heterocycles. The number of hydrogen-bond acceptors (Lipinski definition) is 4. The molecular formula is C28H24F2N4O3. The third-order valence-corrected chi connectivity index (χ3v) is 7.73. The van der Waals surface area contributed by atoms with Gasteiger partial charge in [0.1, 0.15) is 17.4 Å². The molecule has 1 aliphatic heterocycles. The van der Waals surface area contributed by atoms with Crippen molar-refractivity contribution < 1.29 is 23.1 Å². The van der Waals surface area contributed by atoms with Crippen molar-refractivity contribution in [1.82, 2.24) is 9.78 Å². The van der Waals surface area contributed by atoms with Gasteiger partial charge in [-0.3, -0.25) is 9.59 Å². The number of rotatable bonds is 6. The number of ether oxygens (including phenoxy) is 1. The van der Waals surface area contributed by atoms with Crippen molar-refractivity contribution in [3.63, 3.8) is 0 Å². The van der Waals surface area contributed by atoms with E-state index in [2.05, 4.69) is 5.10 Å². The van der Waals surface area contributed by atoms with Crippen molar-refractivity contribution in [3.05, 3.63) is 84.1 Å². The molecule has 2 N–H and O–H groups in total. The molecule has 2 heterocycles. The molecule has 2 atom stereocenters. The average Bonchev–Trinajstić information content (AvgIpc) is 3.49. The molecule has 2 amide bonds. The fraction of sp³-hybridized carbons (Fsp3) is 0.250. The number of primary amides is 1. The van der Waals surface area contributed by atoms with E-state index < -0.39 is 29.1 Å². The van der Waals surface area contributed by atoms with Crippen LogP contribution in [-0.4, -0.2) is 28.7 Å². The third-order valence-electron chi connectivity index (χ3n) is 7.73. The van der Waals surface area contributed by atoms with Gasteiger partial charge in [-0.1, -0.05) is 0 Å². The van der Waals surface area contributed by atoms with E-state index in [1.807, 2.05) is 12.1 Å². The van der Waals surface area contributed by atoms with Crippen LogP contribution in [0.2, 0.25) is 0 Å². The Kier molecular flexibility index (Phi) is 5.25. The van der Waals surface area contributed by atoms with Crippen molar-refractivity contribution >= 4 is 28.4 Å². The molecule has 9 heteroatoms. The van der Waals surface area contributed by atoms with Crippen LogP contribution in [-0.2, 0) is 9.59 Å². The standard InChI is InChI=1S/C28H24F2N4O3/c1-37-20-7-8-23(30)21(13-20)26-22(28(10-11-28)27(31)36)14-25(35)33(26)19-6-9-24-16(12-19)15-32-34(24)18-4-2-17(29)3-5-18/h2-9,12-13,15,22,26H,10-11,14H2,1H3,(H2,31,36)/t22-,26+/m1/s1. The first-order chi connectivity index (χ1) is 17.8. The largest absolute Gasteiger partial charge is 0.497 e. The summed E-state index contributed by atoms with van der Waals surface area (Å²) in [5.41, 5.74) is 7.25. The summed E-state index contributed by atoms with van der Waals surface area (Å²) >= 11 is 0. The maximum Gasteiger partial charge on any atom is 0.227 e. The molecule has 0 radical (unpaired) electrons. The Morgan fingerprint density at radius 3 is 2.46 bits per heavy atom. The Labute approximate surface area is 211 Å². The molecule has 1 aliphatic carbocycles. The molecule has 0 spiro atoms. The minimum absolute atomic E-state index is 0.0805. The van der Waals surface area contributed by atoms with Crippen LogP contribution in [0.3, 0.4) is 0 Å². The Hall–Kier alpha value is -4.27. The highest BCUT2D eigenvalue weighted by Crippen LogP contribution is 2.61. The monoisotopic (exact) mass is 502 g/mol. The van der Waals surface area contributed by atoms with Gasteiger partial charge in [-0.15, -0.1) is 0 Å². The number of halogens is 2. The molecule has 1 saturated carbocycles. The van der Waals surface area contributed by atoms with Gasteiger partial charge in [-0.25, -0.2) is 13.5 Å². The first kappa shape index (κ1) is 23.1. The summed E-state index contributed by atoms with van der Waals surface area (Å²) in [6.45, 7) is 0. The lowest BCUT2D eigenvalue weighted by molar-refractivity contribution is -0.125. The van der Waals surface area contributed by atoms with E-state index in [0.717, 1.165) is 10.9 Å². The van der Waals surface area contributed by atoms with Crippen LogP contribution in [0.5, 0.6) is 5.75 Å². The zero-order chi connectivity index (χ0) is 25.9. The van der Waals surface area contributed by atoms with Crippen molar-refractivity contribution in [2.75, 3.05) is 12.0 Å². The summed E-state index contributed by atoms with van der Waals surface area (Å²) in [6.07, 6.45) is 2.88. The lowest BCUT2D eigenvalue weighted by atomic mass is 9.79. The maximum absolute atomic E-state index is 15.3. The van der Waals surface area contributed by atoms with Crippen LogP contribution in [0.15, 0.2) is 66.9 Å². The molecule has 2 fully saturated rings. The topological polar surface area (TPSA) is 90.4 Å². The predicted octanol–water partition coefficient (Wildman–Crippen LogP) is 4.67. The number of fused-ring (bicyclic) bond motifs is 1. The molecule has 0 bridgehead atoms. The first-order valence-corrected chi connectivity index (χ1v) is 12.0. The van der Waals surface area contributed by atoms with Crippen LogP contribution in [0, 0.1) is 23.0 Å². The summed E-state index contributed by atoms with van der Waals surface area (Å²) < 4.78 is 35.7. The number of nitrogens with two attached hydrogens (primary N) is 1.